The van der Waals surface area contributed by atoms with Crippen LogP contribution in [-0.4, -0.2) is 25.0 Å². The van der Waals surface area contributed by atoms with E-state index in [0.717, 1.165) is 6.07 Å². The van der Waals surface area contributed by atoms with Gasteiger partial charge in [0, 0.05) is 23.4 Å². The van der Waals surface area contributed by atoms with Gasteiger partial charge in [0.25, 0.3) is 0 Å². The van der Waals surface area contributed by atoms with Gasteiger partial charge in [-0.15, -0.1) is 0 Å². The van der Waals surface area contributed by atoms with E-state index in [-0.39, 0.29) is 24.6 Å². The lowest BCUT2D eigenvalue weighted by atomic mass is 10.1. The molecule has 2 aromatic rings. The second kappa shape index (κ2) is 9.05. The first-order chi connectivity index (χ1) is 12.4. The van der Waals surface area contributed by atoms with Crippen molar-refractivity contribution in [2.45, 2.75) is 19.9 Å². The Morgan fingerprint density at radius 2 is 1.81 bits per heavy atom. The Morgan fingerprint density at radius 3 is 2.42 bits per heavy atom. The number of rotatable bonds is 7. The maximum absolute atomic E-state index is 13.7. The van der Waals surface area contributed by atoms with Crippen molar-refractivity contribution in [3.05, 3.63) is 65.2 Å². The fourth-order valence-corrected chi connectivity index (χ4v) is 2.32. The van der Waals surface area contributed by atoms with Gasteiger partial charge >= 0.3 is 5.97 Å². The quantitative estimate of drug-likeness (QED) is 0.741. The molecule has 0 saturated carbocycles. The molecule has 0 heterocycles. The largest absolute Gasteiger partial charge is 0.462 e. The van der Waals surface area contributed by atoms with Gasteiger partial charge in [-0.1, -0.05) is 6.07 Å². The van der Waals surface area contributed by atoms with Gasteiger partial charge in [0.2, 0.25) is 5.91 Å². The van der Waals surface area contributed by atoms with Crippen LogP contribution in [0.1, 0.15) is 35.8 Å². The molecule has 0 aliphatic rings. The van der Waals surface area contributed by atoms with E-state index < -0.39 is 23.6 Å². The van der Waals surface area contributed by atoms with Crippen molar-refractivity contribution in [3.63, 3.8) is 0 Å². The predicted octanol–water partition coefficient (Wildman–Crippen LogP) is 3.43. The minimum atomic E-state index is -0.667. The summed E-state index contributed by atoms with van der Waals surface area (Å²) in [6, 6.07) is 9.14. The molecule has 5 nitrogen and oxygen atoms in total. The van der Waals surface area contributed by atoms with Gasteiger partial charge in [0.15, 0.2) is 0 Å². The SMILES string of the molecule is CCOC(=O)c1ccc(NC(=O)CN[C@@H](C)c2ccc(F)cc2F)cc1. The lowest BCUT2D eigenvalue weighted by molar-refractivity contribution is -0.115. The Labute approximate surface area is 150 Å². The minimum absolute atomic E-state index is 0.0579. The van der Waals surface area contributed by atoms with Crippen LogP contribution in [0.4, 0.5) is 14.5 Å². The third-order valence-corrected chi connectivity index (χ3v) is 3.68. The van der Waals surface area contributed by atoms with Gasteiger partial charge in [-0.3, -0.25) is 4.79 Å². The molecule has 26 heavy (non-hydrogen) atoms. The second-order valence-electron chi connectivity index (χ2n) is 5.61. The molecule has 2 aromatic carbocycles. The van der Waals surface area contributed by atoms with Crippen molar-refractivity contribution in [1.29, 1.82) is 0 Å². The summed E-state index contributed by atoms with van der Waals surface area (Å²) in [5.74, 6) is -2.08. The van der Waals surface area contributed by atoms with Crippen LogP contribution in [0.15, 0.2) is 42.5 Å². The summed E-state index contributed by atoms with van der Waals surface area (Å²) in [5, 5.41) is 5.54. The highest BCUT2D eigenvalue weighted by Crippen LogP contribution is 2.17. The van der Waals surface area contributed by atoms with Gasteiger partial charge in [-0.25, -0.2) is 13.6 Å². The molecule has 0 unspecified atom stereocenters. The number of esters is 1. The van der Waals surface area contributed by atoms with Gasteiger partial charge in [0.05, 0.1) is 18.7 Å². The molecule has 0 aliphatic heterocycles. The van der Waals surface area contributed by atoms with Crippen LogP contribution >= 0.6 is 0 Å². The fraction of sp³-hybridized carbons (Fsp3) is 0.263. The van der Waals surface area contributed by atoms with E-state index in [4.69, 9.17) is 4.74 Å². The average Bonchev–Trinajstić information content (AvgIpc) is 2.60. The first kappa shape index (κ1) is 19.5. The smallest absolute Gasteiger partial charge is 0.338 e. The highest BCUT2D eigenvalue weighted by Gasteiger charge is 2.13. The van der Waals surface area contributed by atoms with Gasteiger partial charge in [-0.05, 0) is 44.2 Å². The molecule has 2 N–H and O–H groups in total. The summed E-state index contributed by atoms with van der Waals surface area (Å²) in [4.78, 5) is 23.6. The number of ether oxygens (including phenoxy) is 1. The topological polar surface area (TPSA) is 67.4 Å². The Kier molecular flexibility index (Phi) is 6.80. The molecule has 1 atom stereocenters. The van der Waals surface area contributed by atoms with Crippen LogP contribution in [0.2, 0.25) is 0 Å². The Bertz CT molecular complexity index is 779. The number of halogens is 2. The average molecular weight is 362 g/mol. The molecule has 138 valence electrons. The molecular formula is C19H20F2N2O3. The highest BCUT2D eigenvalue weighted by atomic mass is 19.1. The van der Waals surface area contributed by atoms with E-state index in [0.29, 0.717) is 11.3 Å². The molecule has 0 bridgehead atoms. The summed E-state index contributed by atoms with van der Waals surface area (Å²) in [5.41, 5.74) is 1.19. The van der Waals surface area contributed by atoms with Gasteiger partial charge in [0.1, 0.15) is 11.6 Å². The van der Waals surface area contributed by atoms with Crippen molar-refractivity contribution in [2.24, 2.45) is 0 Å². The van der Waals surface area contributed by atoms with Crippen LogP contribution in [0.5, 0.6) is 0 Å². The van der Waals surface area contributed by atoms with Crippen LogP contribution in [0.3, 0.4) is 0 Å². The van der Waals surface area contributed by atoms with Crippen LogP contribution < -0.4 is 10.6 Å². The summed E-state index contributed by atoms with van der Waals surface area (Å²) in [7, 11) is 0. The zero-order chi connectivity index (χ0) is 19.1. The third-order valence-electron chi connectivity index (χ3n) is 3.68. The van der Waals surface area contributed by atoms with Gasteiger partial charge in [-0.2, -0.15) is 0 Å². The molecule has 0 aromatic heterocycles. The summed E-state index contributed by atoms with van der Waals surface area (Å²) >= 11 is 0. The van der Waals surface area contributed by atoms with E-state index in [1.807, 2.05) is 0 Å². The summed E-state index contributed by atoms with van der Waals surface area (Å²) in [6.07, 6.45) is 0. The van der Waals surface area contributed by atoms with Crippen molar-refractivity contribution in [1.82, 2.24) is 5.32 Å². The normalized spacial score (nSPS) is 11.7. The molecular weight excluding hydrogens is 342 g/mol. The number of anilines is 1. The van der Waals surface area contributed by atoms with Gasteiger partial charge < -0.3 is 15.4 Å². The Balaban J connectivity index is 1.87. The number of hydrogen-bond acceptors (Lipinski definition) is 4. The predicted molar refractivity (Wildman–Crippen MR) is 93.8 cm³/mol. The van der Waals surface area contributed by atoms with Crippen LogP contribution in [-0.2, 0) is 9.53 Å². The monoisotopic (exact) mass is 362 g/mol. The summed E-state index contributed by atoms with van der Waals surface area (Å²) in [6.45, 7) is 3.63. The molecule has 0 saturated heterocycles. The minimum Gasteiger partial charge on any atom is -0.462 e. The van der Waals surface area contributed by atoms with E-state index in [2.05, 4.69) is 10.6 Å². The maximum atomic E-state index is 13.7. The molecule has 7 heteroatoms. The number of nitrogens with one attached hydrogen (secondary N) is 2. The van der Waals surface area contributed by atoms with Crippen LogP contribution in [0.25, 0.3) is 0 Å². The third kappa shape index (κ3) is 5.35. The fourth-order valence-electron chi connectivity index (χ4n) is 2.32. The molecule has 1 amide bonds. The zero-order valence-corrected chi connectivity index (χ0v) is 14.5. The molecule has 2 rings (SSSR count). The number of benzene rings is 2. The summed E-state index contributed by atoms with van der Waals surface area (Å²) < 4.78 is 31.5. The van der Waals surface area contributed by atoms with Crippen LogP contribution in [0, 0.1) is 11.6 Å². The van der Waals surface area contributed by atoms with Crippen molar-refractivity contribution in [2.75, 3.05) is 18.5 Å². The first-order valence-electron chi connectivity index (χ1n) is 8.16. The van der Waals surface area contributed by atoms with E-state index in [9.17, 15) is 18.4 Å². The Hall–Kier alpha value is -2.80. The van der Waals surface area contributed by atoms with E-state index in [1.165, 1.54) is 12.1 Å². The van der Waals surface area contributed by atoms with E-state index >= 15 is 0 Å². The number of carbonyl (C=O) groups excluding carboxylic acids is 2. The van der Waals surface area contributed by atoms with Crippen molar-refractivity contribution >= 4 is 17.6 Å². The molecule has 0 radical (unpaired) electrons. The van der Waals surface area contributed by atoms with Crippen molar-refractivity contribution < 1.29 is 23.1 Å². The second-order valence-corrected chi connectivity index (χ2v) is 5.61. The number of amides is 1. The number of hydrogen-bond donors (Lipinski definition) is 2. The first-order valence-corrected chi connectivity index (χ1v) is 8.16. The Morgan fingerprint density at radius 1 is 1.12 bits per heavy atom. The lowest BCUT2D eigenvalue weighted by Gasteiger charge is -2.15. The molecule has 0 spiro atoms. The number of carbonyl (C=O) groups is 2. The maximum Gasteiger partial charge on any atom is 0.338 e. The highest BCUT2D eigenvalue weighted by molar-refractivity contribution is 5.94. The van der Waals surface area contributed by atoms with E-state index in [1.54, 1.807) is 38.1 Å². The lowest BCUT2D eigenvalue weighted by Crippen LogP contribution is -2.30. The van der Waals surface area contributed by atoms with Crippen molar-refractivity contribution in [3.8, 4) is 0 Å². The zero-order valence-electron chi connectivity index (χ0n) is 14.5. The molecule has 0 aliphatic carbocycles. The standard InChI is InChI=1S/C19H20F2N2O3/c1-3-26-19(25)13-4-7-15(8-5-13)23-18(24)11-22-12(2)16-9-6-14(20)10-17(16)21/h4-10,12,22H,3,11H2,1-2H3,(H,23,24)/t12-/m0/s1. The molecule has 0 fully saturated rings.